The quantitative estimate of drug-likeness (QED) is 0.923. The summed E-state index contributed by atoms with van der Waals surface area (Å²) in [7, 11) is 1.83. The first kappa shape index (κ1) is 14.3. The minimum Gasteiger partial charge on any atom is -0.508 e. The van der Waals surface area contributed by atoms with Crippen molar-refractivity contribution in [1.29, 1.82) is 0 Å². The second-order valence-corrected chi connectivity index (χ2v) is 6.35. The van der Waals surface area contributed by atoms with Gasteiger partial charge in [-0.3, -0.25) is 4.79 Å². The van der Waals surface area contributed by atoms with Crippen LogP contribution in [0.25, 0.3) is 0 Å². The molecule has 0 saturated carbocycles. The van der Waals surface area contributed by atoms with Gasteiger partial charge in [0.25, 0.3) is 0 Å². The molecule has 1 aromatic carbocycles. The number of carbonyl (C=O) groups is 1. The standard InChI is InChI=1S/C15H21NO2S/c1-11(12-7-3-4-8-13(12)17)16(2)15(18)14-9-5-6-10-19-14/h3-4,7-8,11,14,17H,5-6,9-10H2,1-2H3. The Morgan fingerprint density at radius 1 is 1.42 bits per heavy atom. The van der Waals surface area contributed by atoms with E-state index in [1.807, 2.05) is 26.1 Å². The molecule has 1 fully saturated rings. The predicted octanol–water partition coefficient (Wildman–Crippen LogP) is 3.20. The van der Waals surface area contributed by atoms with E-state index in [0.717, 1.165) is 24.2 Å². The van der Waals surface area contributed by atoms with E-state index in [9.17, 15) is 9.90 Å². The number of aromatic hydroxyl groups is 1. The summed E-state index contributed by atoms with van der Waals surface area (Å²) in [4.78, 5) is 14.2. The third-order valence-electron chi connectivity index (χ3n) is 3.77. The van der Waals surface area contributed by atoms with Gasteiger partial charge in [0.05, 0.1) is 11.3 Å². The van der Waals surface area contributed by atoms with Crippen molar-refractivity contribution >= 4 is 17.7 Å². The summed E-state index contributed by atoms with van der Waals surface area (Å²) in [6.45, 7) is 1.96. The van der Waals surface area contributed by atoms with E-state index in [-0.39, 0.29) is 22.9 Å². The molecular weight excluding hydrogens is 258 g/mol. The molecule has 0 bridgehead atoms. The predicted molar refractivity (Wildman–Crippen MR) is 79.4 cm³/mol. The molecule has 0 spiro atoms. The molecule has 4 heteroatoms. The fourth-order valence-corrected chi connectivity index (χ4v) is 3.70. The summed E-state index contributed by atoms with van der Waals surface area (Å²) in [6.07, 6.45) is 3.33. The van der Waals surface area contributed by atoms with E-state index in [1.54, 1.807) is 28.8 Å². The van der Waals surface area contributed by atoms with Gasteiger partial charge < -0.3 is 10.0 Å². The highest BCUT2D eigenvalue weighted by Gasteiger charge is 2.28. The Bertz CT molecular complexity index is 444. The SMILES string of the molecule is CC(c1ccccc1O)N(C)C(=O)C1CCCCS1. The lowest BCUT2D eigenvalue weighted by atomic mass is 10.1. The van der Waals surface area contributed by atoms with E-state index in [0.29, 0.717) is 0 Å². The zero-order chi connectivity index (χ0) is 13.8. The minimum absolute atomic E-state index is 0.0899. The summed E-state index contributed by atoms with van der Waals surface area (Å²) in [5.74, 6) is 1.52. The van der Waals surface area contributed by atoms with Gasteiger partial charge in [0.2, 0.25) is 5.91 Å². The molecular formula is C15H21NO2S. The molecule has 0 radical (unpaired) electrons. The molecule has 0 aromatic heterocycles. The van der Waals surface area contributed by atoms with Crippen LogP contribution in [-0.4, -0.2) is 34.0 Å². The molecule has 2 rings (SSSR count). The first-order valence-electron chi connectivity index (χ1n) is 6.77. The number of para-hydroxylation sites is 1. The Morgan fingerprint density at radius 2 is 2.16 bits per heavy atom. The van der Waals surface area contributed by atoms with Gasteiger partial charge in [-0.25, -0.2) is 0 Å². The fourth-order valence-electron chi connectivity index (χ4n) is 2.40. The second-order valence-electron chi connectivity index (χ2n) is 5.04. The Hall–Kier alpha value is -1.16. The lowest BCUT2D eigenvalue weighted by Crippen LogP contribution is -2.37. The Labute approximate surface area is 119 Å². The zero-order valence-electron chi connectivity index (χ0n) is 11.5. The van der Waals surface area contributed by atoms with E-state index in [1.165, 1.54) is 6.42 Å². The number of hydrogen-bond acceptors (Lipinski definition) is 3. The monoisotopic (exact) mass is 279 g/mol. The second kappa shape index (κ2) is 6.33. The van der Waals surface area contributed by atoms with Crippen molar-refractivity contribution in [1.82, 2.24) is 4.90 Å². The number of thioether (sulfide) groups is 1. The summed E-state index contributed by atoms with van der Waals surface area (Å²) in [5.41, 5.74) is 0.805. The zero-order valence-corrected chi connectivity index (χ0v) is 12.3. The van der Waals surface area contributed by atoms with Gasteiger partial charge in [-0.2, -0.15) is 0 Å². The van der Waals surface area contributed by atoms with Gasteiger partial charge in [-0.15, -0.1) is 11.8 Å². The van der Waals surface area contributed by atoms with Crippen molar-refractivity contribution in [2.24, 2.45) is 0 Å². The summed E-state index contributed by atoms with van der Waals surface area (Å²) < 4.78 is 0. The molecule has 1 aliphatic heterocycles. The number of carbonyl (C=O) groups excluding carboxylic acids is 1. The van der Waals surface area contributed by atoms with E-state index < -0.39 is 0 Å². The highest BCUT2D eigenvalue weighted by atomic mass is 32.2. The van der Waals surface area contributed by atoms with Crippen molar-refractivity contribution in [3.05, 3.63) is 29.8 Å². The topological polar surface area (TPSA) is 40.5 Å². The molecule has 2 unspecified atom stereocenters. The van der Waals surface area contributed by atoms with Crippen LogP contribution in [0, 0.1) is 0 Å². The number of nitrogens with zero attached hydrogens (tertiary/aromatic N) is 1. The van der Waals surface area contributed by atoms with Crippen LogP contribution in [-0.2, 0) is 4.79 Å². The smallest absolute Gasteiger partial charge is 0.235 e. The maximum atomic E-state index is 12.4. The number of rotatable bonds is 3. The number of amides is 1. The lowest BCUT2D eigenvalue weighted by Gasteiger charge is -2.30. The van der Waals surface area contributed by atoms with Gasteiger partial charge >= 0.3 is 0 Å². The minimum atomic E-state index is -0.101. The van der Waals surface area contributed by atoms with E-state index >= 15 is 0 Å². The third kappa shape index (κ3) is 3.24. The number of hydrogen-bond donors (Lipinski definition) is 1. The normalized spacial score (nSPS) is 20.8. The number of phenolic OH excluding ortho intramolecular Hbond substituents is 1. The van der Waals surface area contributed by atoms with Crippen LogP contribution < -0.4 is 0 Å². The van der Waals surface area contributed by atoms with Crippen LogP contribution in [0.4, 0.5) is 0 Å². The fraction of sp³-hybridized carbons (Fsp3) is 0.533. The number of benzene rings is 1. The average molecular weight is 279 g/mol. The molecule has 1 amide bonds. The van der Waals surface area contributed by atoms with Crippen LogP contribution in [0.15, 0.2) is 24.3 Å². The molecule has 0 aliphatic carbocycles. The molecule has 3 nitrogen and oxygen atoms in total. The summed E-state index contributed by atoms with van der Waals surface area (Å²) in [6, 6.07) is 7.12. The van der Waals surface area contributed by atoms with Crippen molar-refractivity contribution in [3.8, 4) is 5.75 Å². The molecule has 1 N–H and O–H groups in total. The highest BCUT2D eigenvalue weighted by molar-refractivity contribution is 8.00. The maximum Gasteiger partial charge on any atom is 0.235 e. The molecule has 19 heavy (non-hydrogen) atoms. The largest absolute Gasteiger partial charge is 0.508 e. The summed E-state index contributed by atoms with van der Waals surface area (Å²) in [5, 5.41) is 9.97. The van der Waals surface area contributed by atoms with Gasteiger partial charge in [-0.1, -0.05) is 24.6 Å². The molecule has 1 aliphatic rings. The van der Waals surface area contributed by atoms with Crippen molar-refractivity contribution < 1.29 is 9.90 Å². The van der Waals surface area contributed by atoms with Crippen LogP contribution in [0.5, 0.6) is 5.75 Å². The average Bonchev–Trinajstić information content (AvgIpc) is 2.46. The van der Waals surface area contributed by atoms with Crippen molar-refractivity contribution in [2.75, 3.05) is 12.8 Å². The maximum absolute atomic E-state index is 12.4. The first-order valence-corrected chi connectivity index (χ1v) is 7.82. The number of phenols is 1. The van der Waals surface area contributed by atoms with Crippen LogP contribution in [0.3, 0.4) is 0 Å². The van der Waals surface area contributed by atoms with E-state index in [4.69, 9.17) is 0 Å². The van der Waals surface area contributed by atoms with Gasteiger partial charge in [-0.05, 0) is 31.6 Å². The Balaban J connectivity index is 2.08. The van der Waals surface area contributed by atoms with Crippen molar-refractivity contribution in [2.45, 2.75) is 37.5 Å². The molecule has 1 heterocycles. The van der Waals surface area contributed by atoms with Crippen LogP contribution >= 0.6 is 11.8 Å². The molecule has 1 saturated heterocycles. The van der Waals surface area contributed by atoms with Gasteiger partial charge in [0.1, 0.15) is 5.75 Å². The molecule has 104 valence electrons. The molecule has 1 aromatic rings. The van der Waals surface area contributed by atoms with Gasteiger partial charge in [0.15, 0.2) is 0 Å². The van der Waals surface area contributed by atoms with Crippen molar-refractivity contribution in [3.63, 3.8) is 0 Å². The Kier molecular flexibility index (Phi) is 4.75. The lowest BCUT2D eigenvalue weighted by molar-refractivity contribution is -0.131. The van der Waals surface area contributed by atoms with E-state index in [2.05, 4.69) is 0 Å². The summed E-state index contributed by atoms with van der Waals surface area (Å²) >= 11 is 1.76. The van der Waals surface area contributed by atoms with Crippen LogP contribution in [0.2, 0.25) is 0 Å². The highest BCUT2D eigenvalue weighted by Crippen LogP contribution is 2.31. The van der Waals surface area contributed by atoms with Gasteiger partial charge in [0, 0.05) is 12.6 Å². The Morgan fingerprint density at radius 3 is 2.79 bits per heavy atom. The molecule has 2 atom stereocenters. The third-order valence-corrected chi connectivity index (χ3v) is 5.13. The van der Waals surface area contributed by atoms with Crippen LogP contribution in [0.1, 0.15) is 37.8 Å². The first-order chi connectivity index (χ1) is 9.11.